The SMILES string of the molecule is Cc1ccccc1N(c1cc2c3c(c1)N(c1ccccc1)c1c(sc4ccccc14)B3c1cc3c(cc1O2)sc1cc2c(cc13)B1c3sc4ccccc4c3N(c3ccccc3)c3cc(N(c4ccccc4C)c4ccccc4C)cc(c31)O2)c1ccccc1C. The summed E-state index contributed by atoms with van der Waals surface area (Å²) >= 11 is 5.64. The van der Waals surface area contributed by atoms with Crippen molar-refractivity contribution in [2.45, 2.75) is 27.7 Å². The van der Waals surface area contributed by atoms with E-state index in [1.54, 1.807) is 0 Å². The molecular formula is C80H54B2N4O2S3. The van der Waals surface area contributed by atoms with Crippen molar-refractivity contribution < 1.29 is 9.47 Å². The number of thiophene rings is 3. The van der Waals surface area contributed by atoms with Gasteiger partial charge in [0.1, 0.15) is 23.0 Å². The molecule has 0 radical (unpaired) electrons. The van der Waals surface area contributed by atoms with Gasteiger partial charge in [0.05, 0.1) is 22.7 Å². The number of benzene rings is 12. The lowest BCUT2D eigenvalue weighted by atomic mass is 9.36. The molecule has 0 fully saturated rings. The molecule has 0 N–H and O–H groups in total. The highest BCUT2D eigenvalue weighted by atomic mass is 32.1. The molecule has 0 saturated heterocycles. The standard InChI is InChI=1S/C80H54B2N4O2S3/c1-47-23-11-17-33-61(47)83(62-34-18-12-24-48(62)2)53-39-65-75-69(41-53)87-67-45-73-57(43-59(67)81(75)79-77(55-31-15-21-37-71(55)90-79)85(65)51-27-7-5-8-28-51)58-44-60-68(46-74(58)89-73)88-70-42-54(84(63-35-19-13-25-49(63)3)64-36-20-14-26-50(64)4)40-66-76(70)82(60)80-78(56-32-16-22-38-72(56)91-80)86(66)52-29-9-6-10-30-52/h5-46H,1-4H3. The molecule has 19 rings (SSSR count). The van der Waals surface area contributed by atoms with Crippen LogP contribution in [0, 0.1) is 27.7 Å². The van der Waals surface area contributed by atoms with E-state index in [0.717, 1.165) is 79.9 Å². The number of rotatable bonds is 8. The first-order valence-electron chi connectivity index (χ1n) is 31.1. The van der Waals surface area contributed by atoms with E-state index in [0.29, 0.717) is 0 Å². The van der Waals surface area contributed by atoms with Gasteiger partial charge in [0.15, 0.2) is 0 Å². The lowest BCUT2D eigenvalue weighted by Gasteiger charge is -2.40. The van der Waals surface area contributed by atoms with Crippen molar-refractivity contribution in [2.75, 3.05) is 19.6 Å². The van der Waals surface area contributed by atoms with E-state index in [1.807, 2.05) is 34.0 Å². The first-order valence-corrected chi connectivity index (χ1v) is 33.6. The van der Waals surface area contributed by atoms with Crippen LogP contribution in [0.3, 0.4) is 0 Å². The first-order chi connectivity index (χ1) is 44.8. The van der Waals surface area contributed by atoms with E-state index in [2.05, 4.69) is 302 Å². The van der Waals surface area contributed by atoms with Crippen LogP contribution < -0.4 is 60.5 Å². The lowest BCUT2D eigenvalue weighted by molar-refractivity contribution is 0.488. The van der Waals surface area contributed by atoms with Crippen LogP contribution in [0.15, 0.2) is 255 Å². The van der Waals surface area contributed by atoms with E-state index >= 15 is 0 Å². The molecule has 0 saturated carbocycles. The summed E-state index contributed by atoms with van der Waals surface area (Å²) in [7, 11) is 0. The van der Waals surface area contributed by atoms with Crippen molar-refractivity contribution in [3.63, 3.8) is 0 Å². The second kappa shape index (κ2) is 20.1. The van der Waals surface area contributed by atoms with Gasteiger partial charge >= 0.3 is 0 Å². The zero-order valence-electron chi connectivity index (χ0n) is 50.2. The Kier molecular flexibility index (Phi) is 11.6. The third-order valence-corrected chi connectivity index (χ3v) is 22.8. The Hall–Kier alpha value is -10.3. The van der Waals surface area contributed by atoms with Crippen LogP contribution in [0.4, 0.5) is 68.2 Å². The molecule has 0 atom stereocenters. The second-order valence-corrected chi connectivity index (χ2v) is 27.7. The Labute approximate surface area is 540 Å². The molecule has 0 amide bonds. The van der Waals surface area contributed by atoms with Gasteiger partial charge in [-0.05, 0) is 157 Å². The molecule has 0 spiro atoms. The van der Waals surface area contributed by atoms with Gasteiger partial charge in [-0.2, -0.15) is 0 Å². The number of aryl methyl sites for hydroxylation is 4. The summed E-state index contributed by atoms with van der Waals surface area (Å²) < 4.78 is 22.6. The molecule has 91 heavy (non-hydrogen) atoms. The number of fused-ring (bicyclic) bond motifs is 15. The fourth-order valence-corrected chi connectivity index (χ4v) is 18.9. The highest BCUT2D eigenvalue weighted by Crippen LogP contribution is 2.53. The topological polar surface area (TPSA) is 31.4 Å². The van der Waals surface area contributed by atoms with Crippen molar-refractivity contribution in [3.8, 4) is 23.0 Å². The van der Waals surface area contributed by atoms with Gasteiger partial charge in [-0.25, -0.2) is 0 Å². The first kappa shape index (κ1) is 52.6. The molecule has 4 aliphatic heterocycles. The van der Waals surface area contributed by atoms with Crippen LogP contribution in [0.25, 0.3) is 40.3 Å². The Morgan fingerprint density at radius 2 is 0.670 bits per heavy atom. The quantitative estimate of drug-likeness (QED) is 0.141. The fraction of sp³-hybridized carbons (Fsp3) is 0.0500. The number of ether oxygens (including phenoxy) is 2. The summed E-state index contributed by atoms with van der Waals surface area (Å²) in [5.74, 6) is 3.50. The molecule has 0 bridgehead atoms. The van der Waals surface area contributed by atoms with E-state index in [1.165, 1.54) is 105 Å². The zero-order chi connectivity index (χ0) is 60.3. The molecule has 11 heteroatoms. The van der Waals surface area contributed by atoms with Crippen LogP contribution in [-0.4, -0.2) is 13.4 Å². The Morgan fingerprint density at radius 3 is 1.05 bits per heavy atom. The average molecular weight is 1220 g/mol. The Balaban J connectivity index is 0.845. The summed E-state index contributed by atoms with van der Waals surface area (Å²) in [5.41, 5.74) is 22.9. The predicted octanol–water partition coefficient (Wildman–Crippen LogP) is 19.5. The molecule has 12 aromatic carbocycles. The van der Waals surface area contributed by atoms with Gasteiger partial charge in [0.2, 0.25) is 0 Å². The van der Waals surface area contributed by atoms with E-state index < -0.39 is 0 Å². The molecule has 430 valence electrons. The maximum atomic E-state index is 7.57. The van der Waals surface area contributed by atoms with Crippen LogP contribution >= 0.6 is 34.0 Å². The smallest absolute Gasteiger partial charge is 0.268 e. The van der Waals surface area contributed by atoms with Gasteiger partial charge in [-0.3, -0.25) is 0 Å². The van der Waals surface area contributed by atoms with E-state index in [9.17, 15) is 0 Å². The third kappa shape index (κ3) is 7.84. The number of hydrogen-bond donors (Lipinski definition) is 0. The summed E-state index contributed by atoms with van der Waals surface area (Å²) in [6.07, 6.45) is 0. The molecule has 0 unspecified atom stereocenters. The molecule has 0 aliphatic carbocycles. The van der Waals surface area contributed by atoms with Gasteiger partial charge in [0.25, 0.3) is 13.4 Å². The second-order valence-electron chi connectivity index (χ2n) is 24.5. The molecular weight excluding hydrogens is 1170 g/mol. The maximum absolute atomic E-state index is 7.57. The largest absolute Gasteiger partial charge is 0.458 e. The van der Waals surface area contributed by atoms with Crippen LogP contribution in [-0.2, 0) is 0 Å². The molecule has 7 heterocycles. The number of para-hydroxylation sites is 6. The Bertz CT molecular complexity index is 5130. The highest BCUT2D eigenvalue weighted by Gasteiger charge is 2.47. The minimum atomic E-state index is -0.119. The summed E-state index contributed by atoms with van der Waals surface area (Å²) in [6.45, 7) is 8.60. The monoisotopic (exact) mass is 1220 g/mol. The van der Waals surface area contributed by atoms with Crippen molar-refractivity contribution in [1.29, 1.82) is 0 Å². The molecule has 4 aliphatic rings. The number of nitrogens with zero attached hydrogens (tertiary/aromatic N) is 4. The minimum Gasteiger partial charge on any atom is -0.458 e. The van der Waals surface area contributed by atoms with Gasteiger partial charge in [0, 0.05) is 108 Å². The van der Waals surface area contributed by atoms with E-state index in [-0.39, 0.29) is 13.4 Å². The summed E-state index contributed by atoms with van der Waals surface area (Å²) in [5, 5.41) is 4.92. The fourth-order valence-electron chi connectivity index (χ4n) is 15.1. The van der Waals surface area contributed by atoms with Gasteiger partial charge in [-0.15, -0.1) is 34.0 Å². The number of hydrogen-bond acceptors (Lipinski definition) is 9. The molecule has 15 aromatic rings. The number of anilines is 12. The van der Waals surface area contributed by atoms with Crippen LogP contribution in [0.5, 0.6) is 23.0 Å². The van der Waals surface area contributed by atoms with Crippen LogP contribution in [0.2, 0.25) is 0 Å². The molecule has 3 aromatic heterocycles. The van der Waals surface area contributed by atoms with Crippen molar-refractivity contribution in [1.82, 2.24) is 0 Å². The predicted molar refractivity (Wildman–Crippen MR) is 390 cm³/mol. The highest BCUT2D eigenvalue weighted by molar-refractivity contribution is 7.34. The lowest BCUT2D eigenvalue weighted by Crippen LogP contribution is -2.58. The Morgan fingerprint density at radius 1 is 0.319 bits per heavy atom. The maximum Gasteiger partial charge on any atom is 0.268 e. The van der Waals surface area contributed by atoms with Gasteiger partial charge in [-0.1, -0.05) is 158 Å². The summed E-state index contributed by atoms with van der Waals surface area (Å²) in [6, 6.07) is 93.8. The van der Waals surface area contributed by atoms with Crippen LogP contribution in [0.1, 0.15) is 22.3 Å². The van der Waals surface area contributed by atoms with Crippen molar-refractivity contribution in [2.24, 2.45) is 0 Å². The minimum absolute atomic E-state index is 0.119. The van der Waals surface area contributed by atoms with Gasteiger partial charge < -0.3 is 29.1 Å². The zero-order valence-corrected chi connectivity index (χ0v) is 52.7. The average Bonchev–Trinajstić information content (AvgIpc) is 1.14. The van der Waals surface area contributed by atoms with Crippen molar-refractivity contribution in [3.05, 3.63) is 277 Å². The third-order valence-electron chi connectivity index (χ3n) is 19.2. The normalized spacial score (nSPS) is 13.1. The molecule has 6 nitrogen and oxygen atoms in total. The summed E-state index contributed by atoms with van der Waals surface area (Å²) in [4.78, 5) is 9.89. The van der Waals surface area contributed by atoms with E-state index in [4.69, 9.17) is 9.47 Å². The van der Waals surface area contributed by atoms with Crippen molar-refractivity contribution >= 4 is 187 Å².